The summed E-state index contributed by atoms with van der Waals surface area (Å²) in [6.07, 6.45) is 1.11. The molecule has 14 heteroatoms. The molecule has 0 spiro atoms. The van der Waals surface area contributed by atoms with Gasteiger partial charge in [0, 0.05) is 20.6 Å². The second-order valence-corrected chi connectivity index (χ2v) is 16.5. The smallest absolute Gasteiger partial charge is 0.408 e. The third-order valence-electron chi connectivity index (χ3n) is 9.59. The number of piperidine rings is 1. The highest BCUT2D eigenvalue weighted by molar-refractivity contribution is 6.38. The van der Waals surface area contributed by atoms with Gasteiger partial charge in [0.1, 0.15) is 23.7 Å². The minimum atomic E-state index is -1.28. The monoisotopic (exact) mass is 724 g/mol. The zero-order chi connectivity index (χ0) is 39.3. The first-order valence-electron chi connectivity index (χ1n) is 17.6. The molecule has 3 rings (SSSR count). The predicted molar refractivity (Wildman–Crippen MR) is 194 cm³/mol. The first kappa shape index (κ1) is 41.7. The van der Waals surface area contributed by atoms with Crippen LogP contribution in [-0.2, 0) is 33.5 Å². The number of ether oxygens (including phenoxy) is 1. The van der Waals surface area contributed by atoms with E-state index in [-0.39, 0.29) is 42.5 Å². The summed E-state index contributed by atoms with van der Waals surface area (Å²) in [5.41, 5.74) is -1.26. The van der Waals surface area contributed by atoms with E-state index < -0.39 is 77.2 Å². The van der Waals surface area contributed by atoms with Gasteiger partial charge in [0.05, 0.1) is 12.6 Å². The molecule has 1 aliphatic heterocycles. The molecule has 1 aliphatic carbocycles. The number of likely N-dealkylation sites (N-methyl/N-ethyl adjacent to an activating group) is 1. The molecule has 0 radical (unpaired) electrons. The van der Waals surface area contributed by atoms with Crippen LogP contribution in [0.15, 0.2) is 43.0 Å². The number of benzene rings is 1. The zero-order valence-electron chi connectivity index (χ0n) is 32.1. The Kier molecular flexibility index (Phi) is 13.1. The Labute approximate surface area is 306 Å². The molecule has 14 nitrogen and oxygen atoms in total. The Balaban J connectivity index is 1.76. The van der Waals surface area contributed by atoms with Crippen molar-refractivity contribution in [2.45, 2.75) is 98.0 Å². The lowest BCUT2D eigenvalue weighted by atomic mass is 9.85. The van der Waals surface area contributed by atoms with Crippen molar-refractivity contribution in [2.24, 2.45) is 22.7 Å². The van der Waals surface area contributed by atoms with Crippen molar-refractivity contribution in [3.8, 4) is 0 Å². The summed E-state index contributed by atoms with van der Waals surface area (Å²) in [6.45, 7) is 17.9. The van der Waals surface area contributed by atoms with Gasteiger partial charge in [0.25, 0.3) is 5.91 Å². The van der Waals surface area contributed by atoms with E-state index in [1.807, 2.05) is 13.8 Å². The number of Topliss-reactive ketones (excluding diaryl/α,β-unsaturated/α-hetero) is 1. The molecular formula is C38H56N6O8. The molecule has 1 unspecified atom stereocenters. The summed E-state index contributed by atoms with van der Waals surface area (Å²) in [7, 11) is 3.11. The maximum absolute atomic E-state index is 14.2. The van der Waals surface area contributed by atoms with Crippen LogP contribution in [0.1, 0.15) is 79.8 Å². The molecule has 4 N–H and O–H groups in total. The summed E-state index contributed by atoms with van der Waals surface area (Å²) in [5, 5.41) is 10.3. The van der Waals surface area contributed by atoms with Crippen molar-refractivity contribution in [3.63, 3.8) is 0 Å². The van der Waals surface area contributed by atoms with Gasteiger partial charge < -0.3 is 35.8 Å². The molecule has 1 aromatic carbocycles. The molecule has 1 heterocycles. The number of hydrogen-bond acceptors (Lipinski definition) is 8. The number of nitrogens with zero attached hydrogens (tertiary/aromatic N) is 2. The largest absolute Gasteiger partial charge is 0.444 e. The third-order valence-corrected chi connectivity index (χ3v) is 9.59. The maximum Gasteiger partial charge on any atom is 0.408 e. The Morgan fingerprint density at radius 2 is 1.60 bits per heavy atom. The number of amides is 6. The van der Waals surface area contributed by atoms with Gasteiger partial charge in [-0.05, 0) is 61.8 Å². The summed E-state index contributed by atoms with van der Waals surface area (Å²) < 4.78 is 5.42. The number of nitrogens with one attached hydrogen (secondary N) is 4. The average Bonchev–Trinajstić information content (AvgIpc) is 3.35. The van der Waals surface area contributed by atoms with Gasteiger partial charge in [0.2, 0.25) is 29.4 Å². The number of likely N-dealkylation sites (tertiary alicyclic amines) is 1. The number of fused-ring (bicyclic) bond motifs is 1. The quantitative estimate of drug-likeness (QED) is 0.167. The standard InChI is InChI=1S/C38H56N6O8/c1-12-13-19-24(29(46)32(48)39-20-25(45)41-27(33(49)43(10)11)22-17-15-14-16-18-22)40-31(47)28-26-23(38(26,8)9)21-44(28)34(50)30(36(2,3)4)42-35(51)52-37(5,6)7/h12,14-18,23-24,26-28,30H,1,13,19-21H2,2-11H3,(H,39,48)(H,40,47)(H,41,45)(H,42,51)/t23-,24?,26-,27-,28-,30+/m0/s1. The molecule has 0 bridgehead atoms. The van der Waals surface area contributed by atoms with Crippen LogP contribution in [0.4, 0.5) is 4.79 Å². The zero-order valence-corrected chi connectivity index (χ0v) is 32.1. The van der Waals surface area contributed by atoms with E-state index in [1.165, 1.54) is 9.80 Å². The number of allylic oxidation sites excluding steroid dienone is 1. The molecule has 6 amide bonds. The van der Waals surface area contributed by atoms with Crippen molar-refractivity contribution < 1.29 is 38.3 Å². The first-order chi connectivity index (χ1) is 24.0. The van der Waals surface area contributed by atoms with Crippen molar-refractivity contribution in [3.05, 3.63) is 48.6 Å². The fourth-order valence-electron chi connectivity index (χ4n) is 6.67. The number of rotatable bonds is 14. The van der Waals surface area contributed by atoms with Crippen molar-refractivity contribution in [1.82, 2.24) is 31.1 Å². The van der Waals surface area contributed by atoms with Gasteiger partial charge in [-0.15, -0.1) is 6.58 Å². The summed E-state index contributed by atoms with van der Waals surface area (Å²) >= 11 is 0. The van der Waals surface area contributed by atoms with Crippen LogP contribution in [0.5, 0.6) is 0 Å². The summed E-state index contributed by atoms with van der Waals surface area (Å²) in [4.78, 5) is 96.0. The predicted octanol–water partition coefficient (Wildman–Crippen LogP) is 2.49. The molecule has 1 aromatic rings. The van der Waals surface area contributed by atoms with E-state index in [9.17, 15) is 33.6 Å². The number of alkyl carbamates (subject to hydrolysis) is 1. The molecule has 6 atom stereocenters. The fraction of sp³-hybridized carbons (Fsp3) is 0.605. The van der Waals surface area contributed by atoms with E-state index in [4.69, 9.17) is 4.74 Å². The van der Waals surface area contributed by atoms with Gasteiger partial charge in [0.15, 0.2) is 0 Å². The first-order valence-corrected chi connectivity index (χ1v) is 17.6. The highest BCUT2D eigenvalue weighted by atomic mass is 16.6. The van der Waals surface area contributed by atoms with Crippen LogP contribution < -0.4 is 21.3 Å². The molecule has 52 heavy (non-hydrogen) atoms. The normalized spacial score (nSPS) is 20.6. The molecular weight excluding hydrogens is 668 g/mol. The lowest BCUT2D eigenvalue weighted by Crippen LogP contribution is -2.60. The van der Waals surface area contributed by atoms with Crippen molar-refractivity contribution >= 4 is 41.4 Å². The van der Waals surface area contributed by atoms with E-state index in [2.05, 4.69) is 27.8 Å². The van der Waals surface area contributed by atoms with Crippen molar-refractivity contribution in [1.29, 1.82) is 0 Å². The van der Waals surface area contributed by atoms with Gasteiger partial charge in [-0.1, -0.05) is 71.0 Å². The van der Waals surface area contributed by atoms with E-state index >= 15 is 0 Å². The van der Waals surface area contributed by atoms with Crippen LogP contribution in [0.25, 0.3) is 0 Å². The number of ketones is 1. The minimum absolute atomic E-state index is 0.0116. The number of carbonyl (C=O) groups is 7. The Bertz CT molecular complexity index is 1540. The second kappa shape index (κ2) is 16.3. The molecule has 2 fully saturated rings. The summed E-state index contributed by atoms with van der Waals surface area (Å²) in [6, 6.07) is 4.32. The Morgan fingerprint density at radius 1 is 0.981 bits per heavy atom. The second-order valence-electron chi connectivity index (χ2n) is 16.5. The van der Waals surface area contributed by atoms with E-state index in [0.717, 1.165) is 0 Å². The highest BCUT2D eigenvalue weighted by Gasteiger charge is 2.70. The highest BCUT2D eigenvalue weighted by Crippen LogP contribution is 2.65. The molecule has 286 valence electrons. The van der Waals surface area contributed by atoms with E-state index in [0.29, 0.717) is 5.56 Å². The van der Waals surface area contributed by atoms with Gasteiger partial charge in [-0.2, -0.15) is 0 Å². The van der Waals surface area contributed by atoms with Gasteiger partial charge in [-0.25, -0.2) is 4.79 Å². The Morgan fingerprint density at radius 3 is 2.13 bits per heavy atom. The average molecular weight is 725 g/mol. The van der Waals surface area contributed by atoms with Crippen LogP contribution in [0.3, 0.4) is 0 Å². The molecule has 0 aromatic heterocycles. The van der Waals surface area contributed by atoms with Crippen LogP contribution in [0.2, 0.25) is 0 Å². The Hall–Kier alpha value is -4.75. The van der Waals surface area contributed by atoms with Gasteiger partial charge in [-0.3, -0.25) is 28.8 Å². The van der Waals surface area contributed by atoms with Crippen LogP contribution in [-0.4, -0.2) is 102 Å². The van der Waals surface area contributed by atoms with Crippen LogP contribution in [0, 0.1) is 22.7 Å². The SMILES string of the molecule is C=CCCC(NC(=O)[C@@H]1[C@@H]2[C@H](CN1C(=O)[C@@H](NC(=O)OC(C)(C)C)C(C)(C)C)C2(C)C)C(=O)C(=O)NCC(=O)N[C@H](C(=O)N(C)C)c1ccccc1. The number of carbonyl (C=O) groups excluding carboxylic acids is 7. The van der Waals surface area contributed by atoms with Crippen LogP contribution >= 0.6 is 0 Å². The third kappa shape index (κ3) is 10.2. The molecule has 2 aliphatic rings. The molecule has 1 saturated carbocycles. The maximum atomic E-state index is 14.2. The topological polar surface area (TPSA) is 183 Å². The number of hydrogen-bond donors (Lipinski definition) is 4. The minimum Gasteiger partial charge on any atom is -0.444 e. The fourth-order valence-corrected chi connectivity index (χ4v) is 6.67. The summed E-state index contributed by atoms with van der Waals surface area (Å²) in [5.74, 6) is -4.42. The lowest BCUT2D eigenvalue weighted by molar-refractivity contribution is -0.145. The van der Waals surface area contributed by atoms with Gasteiger partial charge >= 0.3 is 6.09 Å². The van der Waals surface area contributed by atoms with E-state index in [1.54, 1.807) is 92.0 Å². The van der Waals surface area contributed by atoms with Crippen molar-refractivity contribution in [2.75, 3.05) is 27.2 Å². The molecule has 1 saturated heterocycles. The lowest BCUT2D eigenvalue weighted by Gasteiger charge is -2.38.